The number of ether oxygens (including phenoxy) is 1. The van der Waals surface area contributed by atoms with E-state index in [0.29, 0.717) is 25.2 Å². The lowest BCUT2D eigenvalue weighted by Crippen LogP contribution is -2.08. The number of ketones is 1. The molecule has 1 fully saturated rings. The number of hydrogen-bond donors (Lipinski definition) is 0. The van der Waals surface area contributed by atoms with Gasteiger partial charge in [-0.25, -0.2) is 0 Å². The highest BCUT2D eigenvalue weighted by molar-refractivity contribution is 5.81. The van der Waals surface area contributed by atoms with Crippen LogP contribution in [0.3, 0.4) is 0 Å². The molecule has 10 heavy (non-hydrogen) atoms. The van der Waals surface area contributed by atoms with E-state index < -0.39 is 0 Å². The monoisotopic (exact) mass is 138 g/mol. The van der Waals surface area contributed by atoms with Crippen molar-refractivity contribution in [3.63, 3.8) is 0 Å². The molecule has 0 spiro atoms. The molecule has 2 heteroatoms. The smallest absolute Gasteiger partial charge is 0.135 e. The van der Waals surface area contributed by atoms with Crippen molar-refractivity contribution in [3.8, 4) is 12.3 Å². The van der Waals surface area contributed by atoms with Crippen LogP contribution < -0.4 is 0 Å². The largest absolute Gasteiger partial charge is 0.365 e. The Morgan fingerprint density at radius 2 is 2.60 bits per heavy atom. The summed E-state index contributed by atoms with van der Waals surface area (Å²) in [7, 11) is 0. The first-order valence-electron chi connectivity index (χ1n) is 3.39. The summed E-state index contributed by atoms with van der Waals surface area (Å²) in [5.41, 5.74) is 0. The minimum Gasteiger partial charge on any atom is -0.365 e. The van der Waals surface area contributed by atoms with Crippen molar-refractivity contribution < 1.29 is 9.53 Å². The van der Waals surface area contributed by atoms with E-state index in [-0.39, 0.29) is 6.10 Å². The maximum atomic E-state index is 10.7. The van der Waals surface area contributed by atoms with Gasteiger partial charge in [0.05, 0.1) is 6.10 Å². The Morgan fingerprint density at radius 3 is 3.10 bits per heavy atom. The Labute approximate surface area is 60.6 Å². The highest BCUT2D eigenvalue weighted by Crippen LogP contribution is 2.17. The quantitative estimate of drug-likeness (QED) is 0.526. The average Bonchev–Trinajstić information content (AvgIpc) is 2.31. The minimum atomic E-state index is 0.101. The second-order valence-corrected chi connectivity index (χ2v) is 2.42. The summed E-state index contributed by atoms with van der Waals surface area (Å²) >= 11 is 0. The van der Waals surface area contributed by atoms with Gasteiger partial charge in [0.15, 0.2) is 0 Å². The van der Waals surface area contributed by atoms with Gasteiger partial charge < -0.3 is 4.74 Å². The molecule has 0 radical (unpaired) electrons. The van der Waals surface area contributed by atoms with Crippen LogP contribution >= 0.6 is 0 Å². The number of hydrogen-bond acceptors (Lipinski definition) is 2. The standard InChI is InChI=1S/C8H10O2/c1-2-5-10-8-4-3-7(9)6-8/h1,8H,3-6H2. The Bertz CT molecular complexity index is 167. The van der Waals surface area contributed by atoms with E-state index in [4.69, 9.17) is 11.2 Å². The normalized spacial score (nSPS) is 24.7. The third-order valence-corrected chi connectivity index (χ3v) is 1.60. The SMILES string of the molecule is C#CCOC1CCC(=O)C1. The molecule has 1 saturated carbocycles. The van der Waals surface area contributed by atoms with Crippen molar-refractivity contribution in [1.29, 1.82) is 0 Å². The van der Waals surface area contributed by atoms with Gasteiger partial charge >= 0.3 is 0 Å². The Morgan fingerprint density at radius 1 is 1.80 bits per heavy atom. The summed E-state index contributed by atoms with van der Waals surface area (Å²) < 4.78 is 5.17. The number of rotatable bonds is 2. The molecular formula is C8H10O2. The van der Waals surface area contributed by atoms with Crippen LogP contribution in [0.4, 0.5) is 0 Å². The van der Waals surface area contributed by atoms with Gasteiger partial charge in [-0.05, 0) is 6.42 Å². The van der Waals surface area contributed by atoms with Crippen LogP contribution in [0.1, 0.15) is 19.3 Å². The lowest BCUT2D eigenvalue weighted by atomic mass is 10.3. The van der Waals surface area contributed by atoms with Crippen molar-refractivity contribution >= 4 is 5.78 Å². The van der Waals surface area contributed by atoms with Crippen LogP contribution in [0.25, 0.3) is 0 Å². The number of carbonyl (C=O) groups excluding carboxylic acids is 1. The van der Waals surface area contributed by atoms with Gasteiger partial charge in [0, 0.05) is 12.8 Å². The fourth-order valence-electron chi connectivity index (χ4n) is 1.09. The molecule has 1 aliphatic carbocycles. The molecule has 1 unspecified atom stereocenters. The van der Waals surface area contributed by atoms with Crippen LogP contribution in [-0.2, 0) is 9.53 Å². The molecule has 0 aromatic carbocycles. The first-order chi connectivity index (χ1) is 4.83. The fraction of sp³-hybridized carbons (Fsp3) is 0.625. The minimum absolute atomic E-state index is 0.101. The first kappa shape index (κ1) is 7.30. The van der Waals surface area contributed by atoms with Crippen LogP contribution in [0.15, 0.2) is 0 Å². The Balaban J connectivity index is 2.20. The Hall–Kier alpha value is -0.810. The average molecular weight is 138 g/mol. The van der Waals surface area contributed by atoms with Crippen molar-refractivity contribution in [1.82, 2.24) is 0 Å². The highest BCUT2D eigenvalue weighted by atomic mass is 16.5. The molecule has 0 N–H and O–H groups in total. The van der Waals surface area contributed by atoms with Crippen LogP contribution in [0.5, 0.6) is 0 Å². The van der Waals surface area contributed by atoms with Crippen molar-refractivity contribution in [2.45, 2.75) is 25.4 Å². The van der Waals surface area contributed by atoms with Gasteiger partial charge in [0.2, 0.25) is 0 Å². The summed E-state index contributed by atoms with van der Waals surface area (Å²) in [6.07, 6.45) is 7.15. The zero-order valence-electron chi connectivity index (χ0n) is 5.80. The summed E-state index contributed by atoms with van der Waals surface area (Å²) in [5, 5.41) is 0. The van der Waals surface area contributed by atoms with Crippen molar-refractivity contribution in [2.75, 3.05) is 6.61 Å². The third kappa shape index (κ3) is 1.85. The fourth-order valence-corrected chi connectivity index (χ4v) is 1.09. The molecule has 0 aromatic heterocycles. The van der Waals surface area contributed by atoms with Gasteiger partial charge in [-0.3, -0.25) is 4.79 Å². The van der Waals surface area contributed by atoms with E-state index in [2.05, 4.69) is 5.92 Å². The molecule has 0 bridgehead atoms. The molecule has 0 heterocycles. The summed E-state index contributed by atoms with van der Waals surface area (Å²) in [4.78, 5) is 10.7. The molecule has 0 aromatic rings. The molecule has 54 valence electrons. The number of terminal acetylenes is 1. The van der Waals surface area contributed by atoms with Gasteiger partial charge in [-0.15, -0.1) is 6.42 Å². The second kappa shape index (κ2) is 3.38. The van der Waals surface area contributed by atoms with E-state index in [1.165, 1.54) is 0 Å². The molecule has 1 aliphatic rings. The topological polar surface area (TPSA) is 26.3 Å². The van der Waals surface area contributed by atoms with Crippen LogP contribution in [0.2, 0.25) is 0 Å². The van der Waals surface area contributed by atoms with Crippen molar-refractivity contribution in [3.05, 3.63) is 0 Å². The lowest BCUT2D eigenvalue weighted by Gasteiger charge is -2.05. The first-order valence-corrected chi connectivity index (χ1v) is 3.39. The zero-order chi connectivity index (χ0) is 7.40. The summed E-state index contributed by atoms with van der Waals surface area (Å²) in [6, 6.07) is 0. The van der Waals surface area contributed by atoms with E-state index in [1.54, 1.807) is 0 Å². The van der Waals surface area contributed by atoms with Gasteiger partial charge in [-0.1, -0.05) is 5.92 Å². The van der Waals surface area contributed by atoms with Gasteiger partial charge in [-0.2, -0.15) is 0 Å². The highest BCUT2D eigenvalue weighted by Gasteiger charge is 2.21. The molecule has 0 aliphatic heterocycles. The van der Waals surface area contributed by atoms with E-state index in [1.807, 2.05) is 0 Å². The lowest BCUT2D eigenvalue weighted by molar-refractivity contribution is -0.118. The molecule has 0 amide bonds. The zero-order valence-corrected chi connectivity index (χ0v) is 5.80. The molecule has 1 atom stereocenters. The molecule has 1 rings (SSSR count). The predicted octanol–water partition coefficient (Wildman–Crippen LogP) is 0.758. The molecule has 0 saturated heterocycles. The van der Waals surface area contributed by atoms with E-state index in [9.17, 15) is 4.79 Å². The van der Waals surface area contributed by atoms with E-state index in [0.717, 1.165) is 6.42 Å². The summed E-state index contributed by atoms with van der Waals surface area (Å²) in [5.74, 6) is 2.67. The van der Waals surface area contributed by atoms with Crippen LogP contribution in [0, 0.1) is 12.3 Å². The number of carbonyl (C=O) groups is 1. The summed E-state index contributed by atoms with van der Waals surface area (Å²) in [6.45, 7) is 0.331. The van der Waals surface area contributed by atoms with E-state index >= 15 is 0 Å². The second-order valence-electron chi connectivity index (χ2n) is 2.42. The molecular weight excluding hydrogens is 128 g/mol. The maximum absolute atomic E-state index is 10.7. The van der Waals surface area contributed by atoms with Gasteiger partial charge in [0.25, 0.3) is 0 Å². The number of Topliss-reactive ketones (excluding diaryl/α,β-unsaturated/α-hetero) is 1. The maximum Gasteiger partial charge on any atom is 0.135 e. The van der Waals surface area contributed by atoms with Crippen molar-refractivity contribution in [2.24, 2.45) is 0 Å². The predicted molar refractivity (Wildman–Crippen MR) is 37.4 cm³/mol. The molecule has 2 nitrogen and oxygen atoms in total. The van der Waals surface area contributed by atoms with Gasteiger partial charge in [0.1, 0.15) is 12.4 Å². The Kier molecular flexibility index (Phi) is 2.47. The van der Waals surface area contributed by atoms with Crippen LogP contribution in [-0.4, -0.2) is 18.5 Å². The third-order valence-electron chi connectivity index (χ3n) is 1.60.